The molecule has 0 amide bonds. The Kier molecular flexibility index (Phi) is 10.6. The molecule has 8 aromatic rings. The summed E-state index contributed by atoms with van der Waals surface area (Å²) in [5.41, 5.74) is 5.77. The van der Waals surface area contributed by atoms with Crippen molar-refractivity contribution in [2.24, 2.45) is 0 Å². The standard InChI is InChI=1S/C23H18O5S.C21H16O3S/c1-3-27-23(25)15-6-4-5-14(11-15)20-9-10-21(29-20)18-13-22(24)28-19-12-16(26-2)7-8-17(18)19;1-13-3-5-14(6-4-13)19-9-10-20(25-19)17-12-21(22)24-18-11-15(23-2)7-8-16(17)18/h4-13H,3H2,1-2H3;3-12H,1-2H3. The van der Waals surface area contributed by atoms with E-state index in [9.17, 15) is 14.4 Å². The fourth-order valence-corrected chi connectivity index (χ4v) is 8.03. The van der Waals surface area contributed by atoms with Crippen molar-refractivity contribution in [1.82, 2.24) is 0 Å². The molecule has 0 aliphatic carbocycles. The molecule has 270 valence electrons. The maximum Gasteiger partial charge on any atom is 0.338 e. The molecule has 0 saturated carbocycles. The van der Waals surface area contributed by atoms with Crippen LogP contribution in [0.15, 0.2) is 140 Å². The summed E-state index contributed by atoms with van der Waals surface area (Å²) in [4.78, 5) is 40.2. The minimum absolute atomic E-state index is 0.334. The normalized spacial score (nSPS) is 10.9. The van der Waals surface area contributed by atoms with Crippen LogP contribution in [0.25, 0.3) is 63.7 Å². The van der Waals surface area contributed by atoms with Crippen LogP contribution in [0.4, 0.5) is 0 Å². The Morgan fingerprint density at radius 1 is 0.593 bits per heavy atom. The summed E-state index contributed by atoms with van der Waals surface area (Å²) in [6.07, 6.45) is 0. The van der Waals surface area contributed by atoms with Crippen molar-refractivity contribution in [1.29, 1.82) is 0 Å². The lowest BCUT2D eigenvalue weighted by Crippen LogP contribution is -2.04. The van der Waals surface area contributed by atoms with Crippen molar-refractivity contribution < 1.29 is 27.8 Å². The average Bonchev–Trinajstić information content (AvgIpc) is 3.89. The summed E-state index contributed by atoms with van der Waals surface area (Å²) >= 11 is 3.21. The van der Waals surface area contributed by atoms with Gasteiger partial charge in [0.25, 0.3) is 0 Å². The van der Waals surface area contributed by atoms with E-state index < -0.39 is 5.63 Å². The van der Waals surface area contributed by atoms with Gasteiger partial charge in [0.15, 0.2) is 0 Å². The number of rotatable bonds is 8. The summed E-state index contributed by atoms with van der Waals surface area (Å²) in [5, 5.41) is 1.73. The molecule has 0 bridgehead atoms. The number of carbonyl (C=O) groups is 1. The zero-order valence-electron chi connectivity index (χ0n) is 29.8. The van der Waals surface area contributed by atoms with Crippen LogP contribution >= 0.6 is 22.7 Å². The molecule has 8 rings (SSSR count). The molecule has 0 aliphatic rings. The second-order valence-corrected chi connectivity index (χ2v) is 14.3. The van der Waals surface area contributed by atoms with E-state index in [-0.39, 0.29) is 11.6 Å². The van der Waals surface area contributed by atoms with Crippen LogP contribution in [-0.4, -0.2) is 26.8 Å². The average molecular weight is 755 g/mol. The van der Waals surface area contributed by atoms with Gasteiger partial charge in [-0.05, 0) is 85.6 Å². The summed E-state index contributed by atoms with van der Waals surface area (Å²) in [7, 11) is 3.16. The molecule has 0 fully saturated rings. The second kappa shape index (κ2) is 15.8. The molecule has 0 radical (unpaired) electrons. The van der Waals surface area contributed by atoms with Gasteiger partial charge >= 0.3 is 17.2 Å². The number of carbonyl (C=O) groups excluding carboxylic acids is 1. The largest absolute Gasteiger partial charge is 0.497 e. The minimum Gasteiger partial charge on any atom is -0.497 e. The van der Waals surface area contributed by atoms with Crippen molar-refractivity contribution in [3.63, 3.8) is 0 Å². The van der Waals surface area contributed by atoms with Crippen LogP contribution in [0.3, 0.4) is 0 Å². The zero-order valence-corrected chi connectivity index (χ0v) is 31.5. The fourth-order valence-electron chi connectivity index (χ4n) is 5.96. The van der Waals surface area contributed by atoms with Gasteiger partial charge in [-0.2, -0.15) is 0 Å². The first-order chi connectivity index (χ1) is 26.2. The molecular formula is C44H34O8S2. The number of hydrogen-bond acceptors (Lipinski definition) is 10. The number of thiophene rings is 2. The molecule has 4 aromatic carbocycles. The third kappa shape index (κ3) is 7.75. The molecule has 54 heavy (non-hydrogen) atoms. The van der Waals surface area contributed by atoms with Gasteiger partial charge in [-0.3, -0.25) is 0 Å². The van der Waals surface area contributed by atoms with E-state index in [4.69, 9.17) is 23.0 Å². The monoisotopic (exact) mass is 754 g/mol. The topological polar surface area (TPSA) is 105 Å². The van der Waals surface area contributed by atoms with Gasteiger partial charge in [-0.1, -0.05) is 42.0 Å². The number of benzene rings is 4. The van der Waals surface area contributed by atoms with E-state index in [1.165, 1.54) is 22.1 Å². The Balaban J connectivity index is 0.000000168. The second-order valence-electron chi connectivity index (χ2n) is 12.2. The highest BCUT2D eigenvalue weighted by Crippen LogP contribution is 2.39. The van der Waals surface area contributed by atoms with E-state index >= 15 is 0 Å². The summed E-state index contributed by atoms with van der Waals surface area (Å²) < 4.78 is 26.2. The van der Waals surface area contributed by atoms with E-state index in [1.54, 1.807) is 68.1 Å². The van der Waals surface area contributed by atoms with Crippen LogP contribution in [0.5, 0.6) is 11.5 Å². The van der Waals surface area contributed by atoms with E-state index in [1.807, 2.05) is 54.6 Å². The van der Waals surface area contributed by atoms with Crippen LogP contribution in [0.2, 0.25) is 0 Å². The highest BCUT2D eigenvalue weighted by Gasteiger charge is 2.15. The van der Waals surface area contributed by atoms with Crippen molar-refractivity contribution in [2.45, 2.75) is 13.8 Å². The molecule has 10 heteroatoms. The number of methoxy groups -OCH3 is 2. The van der Waals surface area contributed by atoms with E-state index in [0.29, 0.717) is 34.8 Å². The Morgan fingerprint density at radius 2 is 1.11 bits per heavy atom. The van der Waals surface area contributed by atoms with Crippen molar-refractivity contribution >= 4 is 50.6 Å². The summed E-state index contributed by atoms with van der Waals surface area (Å²) in [6, 6.07) is 37.9. The van der Waals surface area contributed by atoms with Crippen LogP contribution in [0, 0.1) is 6.92 Å². The van der Waals surface area contributed by atoms with Gasteiger partial charge in [0.05, 0.1) is 26.4 Å². The lowest BCUT2D eigenvalue weighted by molar-refractivity contribution is 0.0526. The summed E-state index contributed by atoms with van der Waals surface area (Å²) in [6.45, 7) is 4.19. The minimum atomic E-state index is -0.417. The lowest BCUT2D eigenvalue weighted by atomic mass is 10.1. The SMILES string of the molecule is CCOC(=O)c1cccc(-c2ccc(-c3cc(=O)oc4cc(OC)ccc34)s2)c1.COc1ccc2c(-c3ccc(-c4ccc(C)cc4)s3)cc(=O)oc2c1. The Morgan fingerprint density at radius 3 is 1.63 bits per heavy atom. The Bertz CT molecular complexity index is 2730. The Hall–Kier alpha value is -6.23. The highest BCUT2D eigenvalue weighted by atomic mass is 32.1. The molecule has 8 nitrogen and oxygen atoms in total. The Labute approximate surface area is 318 Å². The molecule has 0 unspecified atom stereocenters. The molecular weight excluding hydrogens is 721 g/mol. The first kappa shape index (κ1) is 36.1. The number of fused-ring (bicyclic) bond motifs is 2. The molecule has 4 aromatic heterocycles. The fraction of sp³-hybridized carbons (Fsp3) is 0.114. The smallest absolute Gasteiger partial charge is 0.338 e. The van der Waals surface area contributed by atoms with Gasteiger partial charge in [0.1, 0.15) is 22.7 Å². The maximum atomic E-state index is 12.1. The predicted molar refractivity (Wildman–Crippen MR) is 216 cm³/mol. The molecule has 4 heterocycles. The third-order valence-electron chi connectivity index (χ3n) is 8.64. The molecule has 0 atom stereocenters. The number of aryl methyl sites for hydroxylation is 1. The van der Waals surface area contributed by atoms with Crippen molar-refractivity contribution in [2.75, 3.05) is 20.8 Å². The maximum absolute atomic E-state index is 12.1. The summed E-state index contributed by atoms with van der Waals surface area (Å²) in [5.74, 6) is 0.950. The van der Waals surface area contributed by atoms with Gasteiger partial charge in [-0.25, -0.2) is 14.4 Å². The lowest BCUT2D eigenvalue weighted by Gasteiger charge is -2.06. The number of hydrogen-bond donors (Lipinski definition) is 0. The zero-order chi connectivity index (χ0) is 37.8. The van der Waals surface area contributed by atoms with Gasteiger partial charge < -0.3 is 23.0 Å². The molecule has 0 aliphatic heterocycles. The van der Waals surface area contributed by atoms with E-state index in [0.717, 1.165) is 42.1 Å². The van der Waals surface area contributed by atoms with E-state index in [2.05, 4.69) is 43.3 Å². The highest BCUT2D eigenvalue weighted by molar-refractivity contribution is 7.19. The quantitative estimate of drug-likeness (QED) is 0.112. The van der Waals surface area contributed by atoms with Gasteiger partial charge in [-0.15, -0.1) is 22.7 Å². The van der Waals surface area contributed by atoms with Gasteiger partial charge in [0.2, 0.25) is 0 Å². The van der Waals surface area contributed by atoms with Gasteiger partial charge in [0, 0.05) is 65.7 Å². The molecule has 0 spiro atoms. The third-order valence-corrected chi connectivity index (χ3v) is 11.0. The van der Waals surface area contributed by atoms with Crippen LogP contribution < -0.4 is 20.7 Å². The van der Waals surface area contributed by atoms with Crippen LogP contribution in [-0.2, 0) is 4.74 Å². The number of esters is 1. The molecule has 0 N–H and O–H groups in total. The van der Waals surface area contributed by atoms with Crippen molar-refractivity contribution in [3.8, 4) is 53.3 Å². The van der Waals surface area contributed by atoms with Crippen LogP contribution in [0.1, 0.15) is 22.8 Å². The first-order valence-corrected chi connectivity index (χ1v) is 18.6. The van der Waals surface area contributed by atoms with Crippen molar-refractivity contribution in [3.05, 3.63) is 153 Å². The number of ether oxygens (including phenoxy) is 3. The molecule has 0 saturated heterocycles. The first-order valence-electron chi connectivity index (χ1n) is 17.0. The predicted octanol–water partition coefficient (Wildman–Crippen LogP) is 10.9.